The quantitative estimate of drug-likeness (QED) is 0.359. The van der Waals surface area contributed by atoms with Gasteiger partial charge >= 0.3 is 0 Å². The lowest BCUT2D eigenvalue weighted by atomic mass is 10.2. The Bertz CT molecular complexity index is 1440. The minimum absolute atomic E-state index is 0.0135. The molecule has 0 aliphatic carbocycles. The number of hydrogen-bond donors (Lipinski definition) is 3. The van der Waals surface area contributed by atoms with Gasteiger partial charge in [-0.3, -0.25) is 9.30 Å². The van der Waals surface area contributed by atoms with Crippen LogP contribution in [0.1, 0.15) is 13.8 Å². The number of piperazine rings is 1. The molecule has 0 unspecified atom stereocenters. The number of H-pyrrole nitrogens is 1. The van der Waals surface area contributed by atoms with Gasteiger partial charge in [-0.15, -0.1) is 0 Å². The van der Waals surface area contributed by atoms with Gasteiger partial charge in [-0.25, -0.2) is 9.97 Å². The lowest BCUT2D eigenvalue weighted by molar-refractivity contribution is 0.209. The molecule has 1 aliphatic heterocycles. The standard InChI is InChI=1S/C25H27N7O2/c1-16(2)30-9-11-31(12-10-30)19-5-3-18(4-6-19)29-23-24-26-7-8-32(24)20(15-27-23)21-13-17-14-28-25(33)22(17)34-21/h3-8,13-16,28,33H,9-12H2,1-2H3,(H,27,29). The highest BCUT2D eigenvalue weighted by Crippen LogP contribution is 2.33. The highest BCUT2D eigenvalue weighted by Gasteiger charge is 2.19. The average Bonchev–Trinajstić information content (AvgIpc) is 3.58. The molecule has 9 heteroatoms. The van der Waals surface area contributed by atoms with E-state index in [1.807, 2.05) is 16.7 Å². The monoisotopic (exact) mass is 457 g/mol. The molecule has 0 spiro atoms. The smallest absolute Gasteiger partial charge is 0.233 e. The van der Waals surface area contributed by atoms with Crippen LogP contribution >= 0.6 is 0 Å². The third-order valence-corrected chi connectivity index (χ3v) is 6.56. The number of hydrogen-bond acceptors (Lipinski definition) is 7. The van der Waals surface area contributed by atoms with Gasteiger partial charge in [0.05, 0.1) is 6.20 Å². The number of anilines is 3. The minimum Gasteiger partial charge on any atom is -0.492 e. The zero-order valence-corrected chi connectivity index (χ0v) is 19.2. The number of benzene rings is 1. The lowest BCUT2D eigenvalue weighted by Crippen LogP contribution is -2.48. The van der Waals surface area contributed by atoms with Gasteiger partial charge in [0.2, 0.25) is 5.88 Å². The molecule has 0 atom stereocenters. The molecule has 0 bridgehead atoms. The SMILES string of the molecule is CC(C)N1CCN(c2ccc(Nc3ncc(-c4cc5c[nH]c(O)c5o4)n4ccnc34)cc2)CC1. The van der Waals surface area contributed by atoms with Crippen LogP contribution in [0.5, 0.6) is 5.88 Å². The van der Waals surface area contributed by atoms with Crippen molar-refractivity contribution in [3.8, 4) is 17.3 Å². The first-order valence-electron chi connectivity index (χ1n) is 11.6. The number of furan rings is 1. The molecular formula is C25H27N7O2. The summed E-state index contributed by atoms with van der Waals surface area (Å²) < 4.78 is 7.78. The summed E-state index contributed by atoms with van der Waals surface area (Å²) in [7, 11) is 0. The Morgan fingerprint density at radius 3 is 2.62 bits per heavy atom. The second kappa shape index (κ2) is 8.11. The van der Waals surface area contributed by atoms with Crippen molar-refractivity contribution in [1.29, 1.82) is 0 Å². The average molecular weight is 458 g/mol. The van der Waals surface area contributed by atoms with Crippen LogP contribution in [0, 0.1) is 0 Å². The molecule has 5 aromatic rings. The van der Waals surface area contributed by atoms with E-state index in [-0.39, 0.29) is 5.88 Å². The van der Waals surface area contributed by atoms with Crippen molar-refractivity contribution >= 4 is 33.8 Å². The summed E-state index contributed by atoms with van der Waals surface area (Å²) in [6.45, 7) is 8.79. The summed E-state index contributed by atoms with van der Waals surface area (Å²) >= 11 is 0. The summed E-state index contributed by atoms with van der Waals surface area (Å²) in [6, 6.07) is 10.9. The minimum atomic E-state index is 0.0135. The van der Waals surface area contributed by atoms with Crippen LogP contribution in [-0.4, -0.2) is 61.6 Å². The molecule has 6 rings (SSSR count). The molecule has 5 heterocycles. The Kier molecular flexibility index (Phi) is 4.91. The number of aromatic amines is 1. The highest BCUT2D eigenvalue weighted by atomic mass is 16.4. The normalized spacial score (nSPS) is 15.1. The van der Waals surface area contributed by atoms with E-state index in [1.54, 1.807) is 18.6 Å². The summed E-state index contributed by atoms with van der Waals surface area (Å²) in [5.74, 6) is 1.28. The zero-order valence-electron chi connectivity index (χ0n) is 19.2. The fourth-order valence-corrected chi connectivity index (χ4v) is 4.61. The molecule has 174 valence electrons. The van der Waals surface area contributed by atoms with Crippen LogP contribution in [0.25, 0.3) is 28.1 Å². The van der Waals surface area contributed by atoms with E-state index < -0.39 is 0 Å². The molecule has 34 heavy (non-hydrogen) atoms. The van der Waals surface area contributed by atoms with E-state index in [2.05, 4.69) is 68.2 Å². The summed E-state index contributed by atoms with van der Waals surface area (Å²) in [6.07, 6.45) is 7.06. The van der Waals surface area contributed by atoms with Gasteiger partial charge in [-0.2, -0.15) is 0 Å². The maximum absolute atomic E-state index is 9.89. The maximum atomic E-state index is 9.89. The summed E-state index contributed by atoms with van der Waals surface area (Å²) in [5, 5.41) is 14.1. The van der Waals surface area contributed by atoms with Crippen LogP contribution in [0.15, 0.2) is 59.5 Å². The van der Waals surface area contributed by atoms with Crippen LogP contribution in [0.2, 0.25) is 0 Å². The van der Waals surface area contributed by atoms with E-state index in [1.165, 1.54) is 5.69 Å². The van der Waals surface area contributed by atoms with E-state index in [0.29, 0.717) is 28.9 Å². The highest BCUT2D eigenvalue weighted by molar-refractivity contribution is 5.86. The Balaban J connectivity index is 1.22. The number of aromatic hydroxyl groups is 1. The van der Waals surface area contributed by atoms with Crippen molar-refractivity contribution in [2.75, 3.05) is 36.4 Å². The van der Waals surface area contributed by atoms with E-state index in [0.717, 1.165) is 42.9 Å². The van der Waals surface area contributed by atoms with E-state index >= 15 is 0 Å². The van der Waals surface area contributed by atoms with Crippen molar-refractivity contribution in [2.24, 2.45) is 0 Å². The number of imidazole rings is 1. The largest absolute Gasteiger partial charge is 0.492 e. The molecule has 3 N–H and O–H groups in total. The second-order valence-corrected chi connectivity index (χ2v) is 8.93. The third kappa shape index (κ3) is 3.54. The van der Waals surface area contributed by atoms with Gasteiger partial charge < -0.3 is 24.7 Å². The Morgan fingerprint density at radius 1 is 1.09 bits per heavy atom. The molecule has 1 aromatic carbocycles. The molecule has 0 amide bonds. The molecule has 0 radical (unpaired) electrons. The number of fused-ring (bicyclic) bond motifs is 2. The Morgan fingerprint density at radius 2 is 1.88 bits per heavy atom. The molecule has 1 saturated heterocycles. The molecule has 4 aromatic heterocycles. The fraction of sp³-hybridized carbons (Fsp3) is 0.280. The number of rotatable bonds is 5. The van der Waals surface area contributed by atoms with Crippen molar-refractivity contribution in [2.45, 2.75) is 19.9 Å². The first kappa shape index (κ1) is 20.6. The van der Waals surface area contributed by atoms with Gasteiger partial charge in [-0.1, -0.05) is 0 Å². The molecule has 1 aliphatic rings. The van der Waals surface area contributed by atoms with Crippen LogP contribution in [0.3, 0.4) is 0 Å². The number of aromatic nitrogens is 4. The number of nitrogens with one attached hydrogen (secondary N) is 2. The fourth-order valence-electron chi connectivity index (χ4n) is 4.61. The third-order valence-electron chi connectivity index (χ3n) is 6.56. The first-order chi connectivity index (χ1) is 16.6. The lowest BCUT2D eigenvalue weighted by Gasteiger charge is -2.38. The zero-order chi connectivity index (χ0) is 23.2. The topological polar surface area (TPSA) is 97.9 Å². The van der Waals surface area contributed by atoms with E-state index in [4.69, 9.17) is 4.42 Å². The van der Waals surface area contributed by atoms with E-state index in [9.17, 15) is 5.11 Å². The predicted octanol–water partition coefficient (Wildman–Crippen LogP) is 4.45. The van der Waals surface area contributed by atoms with Gasteiger partial charge in [0.25, 0.3) is 0 Å². The maximum Gasteiger partial charge on any atom is 0.233 e. The Labute approximate surface area is 196 Å². The van der Waals surface area contributed by atoms with Crippen molar-refractivity contribution < 1.29 is 9.52 Å². The van der Waals surface area contributed by atoms with Crippen molar-refractivity contribution in [1.82, 2.24) is 24.3 Å². The molecule has 9 nitrogen and oxygen atoms in total. The molecule has 0 saturated carbocycles. The molecule has 1 fully saturated rings. The first-order valence-corrected chi connectivity index (χ1v) is 11.6. The van der Waals surface area contributed by atoms with Gasteiger partial charge in [0, 0.05) is 67.6 Å². The summed E-state index contributed by atoms with van der Waals surface area (Å²) in [5.41, 5.74) is 4.06. The van der Waals surface area contributed by atoms with Crippen LogP contribution in [0.4, 0.5) is 17.2 Å². The van der Waals surface area contributed by atoms with Crippen LogP contribution < -0.4 is 10.2 Å². The van der Waals surface area contributed by atoms with Gasteiger partial charge in [-0.05, 0) is 44.2 Å². The van der Waals surface area contributed by atoms with Crippen LogP contribution in [-0.2, 0) is 0 Å². The number of nitrogens with zero attached hydrogens (tertiary/aromatic N) is 5. The molecular weight excluding hydrogens is 430 g/mol. The predicted molar refractivity (Wildman–Crippen MR) is 133 cm³/mol. The second-order valence-electron chi connectivity index (χ2n) is 8.93. The Hall–Kier alpha value is -3.98. The van der Waals surface area contributed by atoms with Crippen molar-refractivity contribution in [3.05, 3.63) is 55.1 Å². The summed E-state index contributed by atoms with van der Waals surface area (Å²) in [4.78, 5) is 16.8. The van der Waals surface area contributed by atoms with Gasteiger partial charge in [0.1, 0.15) is 5.69 Å². The van der Waals surface area contributed by atoms with Crippen molar-refractivity contribution in [3.63, 3.8) is 0 Å². The van der Waals surface area contributed by atoms with Gasteiger partial charge in [0.15, 0.2) is 22.8 Å².